The van der Waals surface area contributed by atoms with Gasteiger partial charge < -0.3 is 9.47 Å². The van der Waals surface area contributed by atoms with E-state index in [0.29, 0.717) is 0 Å². The first-order valence-corrected chi connectivity index (χ1v) is 31.0. The molecule has 0 fully saturated rings. The van der Waals surface area contributed by atoms with Gasteiger partial charge in [0.1, 0.15) is 47.5 Å². The maximum atomic E-state index is 13.2. The smallest absolute Gasteiger partial charge is 0.387 e. The van der Waals surface area contributed by atoms with Crippen LogP contribution in [0.5, 0.6) is 5.75 Å². The summed E-state index contributed by atoms with van der Waals surface area (Å²) in [6, 6.07) is 25.8. The van der Waals surface area contributed by atoms with Crippen molar-refractivity contribution in [1.29, 1.82) is 0 Å². The highest BCUT2D eigenvalue weighted by atomic mass is 79.9. The Labute approximate surface area is 465 Å². The number of hydrogen-bond acceptors (Lipinski definition) is 17. The molecule has 438 valence electrons. The fourth-order valence-corrected chi connectivity index (χ4v) is 13.5. The highest BCUT2D eigenvalue weighted by Crippen LogP contribution is 2.26. The van der Waals surface area contributed by atoms with E-state index in [4.69, 9.17) is 15.4 Å². The molecule has 9 N–H and O–H groups in total. The minimum absolute atomic E-state index is 0.0301. The molecular formula is C44H38BrF7N6O17S6. The lowest BCUT2D eigenvalue weighted by Gasteiger charge is -2.15. The Hall–Kier alpha value is -6.94. The molecule has 6 rings (SSSR count). The molecule has 0 aliphatic rings. The standard InChI is InChI=1S/C17H16F4N2O6S2.C14H12F2N2O6S2.C13H10BrFN2O5S2/c18-16(19)17(20,21)10-29-9-11-4-3-5-12(8-11)15(24)23-31(27,28)14-7-2-1-6-13(14)30(22,25)26;15-14(16)24-10-5-3-4-9(8-10)13(19)18-26(22,23)12-7-2-1-6-11(12)25(17,20)21;14-9-7-8(5-6-10(9)15)13(18)17-24(21,22)12-4-2-1-3-11(12)23(16,19)20/h1-8,16H,9-10H2,(H,23,24)(H2,22,25,26);1-8,14H,(H,18,19)(H2,17,20,21);1-7H,(H,17,18)(H2,16,19,20). The van der Waals surface area contributed by atoms with Crippen LogP contribution in [-0.4, -0.2) is 93.8 Å². The van der Waals surface area contributed by atoms with E-state index in [1.165, 1.54) is 60.7 Å². The SMILES string of the molecule is NS(=O)(=O)c1ccccc1S(=O)(=O)NC(=O)c1ccc(F)c(Br)c1.NS(=O)(=O)c1ccccc1S(=O)(=O)NC(=O)c1cccc(COCC(F)(F)C(F)F)c1.NS(=O)(=O)c1ccccc1S(=O)(=O)NC(=O)c1cccc(OC(F)F)c1. The van der Waals surface area contributed by atoms with Crippen LogP contribution in [0, 0.1) is 5.82 Å². The van der Waals surface area contributed by atoms with Crippen molar-refractivity contribution in [1.82, 2.24) is 14.2 Å². The van der Waals surface area contributed by atoms with Crippen LogP contribution in [0.2, 0.25) is 0 Å². The third-order valence-corrected chi connectivity index (χ3v) is 17.7. The van der Waals surface area contributed by atoms with E-state index in [9.17, 15) is 95.6 Å². The summed E-state index contributed by atoms with van der Waals surface area (Å²) in [5.74, 6) is -8.72. The number of benzene rings is 6. The Kier molecular flexibility index (Phi) is 22.0. The number of amides is 3. The zero-order chi connectivity index (χ0) is 61.1. The normalized spacial score (nSPS) is 12.3. The van der Waals surface area contributed by atoms with Gasteiger partial charge in [-0.1, -0.05) is 54.6 Å². The maximum Gasteiger partial charge on any atom is 0.387 e. The van der Waals surface area contributed by atoms with Crippen molar-refractivity contribution in [3.05, 3.63) is 172 Å². The second-order valence-electron chi connectivity index (χ2n) is 15.6. The van der Waals surface area contributed by atoms with Gasteiger partial charge >= 0.3 is 19.0 Å². The summed E-state index contributed by atoms with van der Waals surface area (Å²) < 4.78 is 245. The van der Waals surface area contributed by atoms with Gasteiger partial charge in [-0.2, -0.15) is 17.6 Å². The number of halogens is 8. The lowest BCUT2D eigenvalue weighted by atomic mass is 10.1. The molecule has 23 nitrogen and oxygen atoms in total. The summed E-state index contributed by atoms with van der Waals surface area (Å²) in [5, 5.41) is 14.9. The Morgan fingerprint density at radius 2 is 0.852 bits per heavy atom. The molecule has 0 heterocycles. The number of alkyl halides is 6. The molecule has 0 unspecified atom stereocenters. The predicted molar refractivity (Wildman–Crippen MR) is 272 cm³/mol. The predicted octanol–water partition coefficient (Wildman–Crippen LogP) is 4.28. The zero-order valence-electron chi connectivity index (χ0n) is 40.0. The van der Waals surface area contributed by atoms with Crippen molar-refractivity contribution in [2.75, 3.05) is 6.61 Å². The minimum atomic E-state index is -4.65. The molecule has 0 radical (unpaired) electrons. The van der Waals surface area contributed by atoms with Crippen molar-refractivity contribution < 1.29 is 105 Å². The van der Waals surface area contributed by atoms with Crippen molar-refractivity contribution in [3.8, 4) is 5.75 Å². The Bertz CT molecular complexity index is 4060. The highest BCUT2D eigenvalue weighted by molar-refractivity contribution is 9.10. The van der Waals surface area contributed by atoms with Crippen LogP contribution in [0.25, 0.3) is 0 Å². The summed E-state index contributed by atoms with van der Waals surface area (Å²) in [4.78, 5) is 32.3. The lowest BCUT2D eigenvalue weighted by Crippen LogP contribution is -2.32. The largest absolute Gasteiger partial charge is 0.435 e. The summed E-state index contributed by atoms with van der Waals surface area (Å²) in [5.41, 5.74) is -0.543. The monoisotopic (exact) mass is 1330 g/mol. The topological polar surface area (TPSA) is 389 Å². The molecular weight excluding hydrogens is 1290 g/mol. The Morgan fingerprint density at radius 3 is 1.21 bits per heavy atom. The summed E-state index contributed by atoms with van der Waals surface area (Å²) in [7, 11) is -26.9. The van der Waals surface area contributed by atoms with Gasteiger partial charge in [-0.15, -0.1) is 0 Å². The van der Waals surface area contributed by atoms with E-state index >= 15 is 0 Å². The van der Waals surface area contributed by atoms with Gasteiger partial charge in [0.05, 0.1) is 11.1 Å². The summed E-state index contributed by atoms with van der Waals surface area (Å²) in [6.45, 7) is -5.23. The van der Waals surface area contributed by atoms with Crippen LogP contribution < -0.4 is 34.3 Å². The summed E-state index contributed by atoms with van der Waals surface area (Å²) >= 11 is 2.88. The third-order valence-electron chi connectivity index (χ3n) is 9.59. The van der Waals surface area contributed by atoms with Crippen molar-refractivity contribution in [2.45, 2.75) is 54.9 Å². The molecule has 81 heavy (non-hydrogen) atoms. The molecule has 6 aromatic rings. The Morgan fingerprint density at radius 1 is 0.494 bits per heavy atom. The molecule has 3 amide bonds. The molecule has 0 aromatic heterocycles. The first-order valence-electron chi connectivity index (χ1n) is 21.2. The van der Waals surface area contributed by atoms with E-state index < -0.39 is 145 Å². The van der Waals surface area contributed by atoms with Crippen LogP contribution in [0.15, 0.2) is 173 Å². The number of sulfonamides is 6. The van der Waals surface area contributed by atoms with Crippen LogP contribution in [-0.2, 0) is 71.5 Å². The maximum absolute atomic E-state index is 13.2. The molecule has 6 aromatic carbocycles. The lowest BCUT2D eigenvalue weighted by molar-refractivity contribution is -0.168. The second kappa shape index (κ2) is 26.8. The Balaban J connectivity index is 0.000000264. The number of primary sulfonamides is 3. The van der Waals surface area contributed by atoms with Gasteiger partial charge in [-0.25, -0.2) is 93.3 Å². The van der Waals surface area contributed by atoms with E-state index in [0.717, 1.165) is 78.9 Å². The fourth-order valence-electron chi connectivity index (χ4n) is 6.05. The van der Waals surface area contributed by atoms with E-state index in [-0.39, 0.29) is 32.5 Å². The van der Waals surface area contributed by atoms with E-state index in [2.05, 4.69) is 25.4 Å². The molecule has 0 aliphatic heterocycles. The van der Waals surface area contributed by atoms with Gasteiger partial charge in [-0.05, 0) is 106 Å². The highest BCUT2D eigenvalue weighted by Gasteiger charge is 2.41. The van der Waals surface area contributed by atoms with Gasteiger partial charge in [0.15, 0.2) is 0 Å². The third kappa shape index (κ3) is 19.1. The number of nitrogens with two attached hydrogens (primary N) is 3. The number of carbonyl (C=O) groups excluding carboxylic acids is 3. The summed E-state index contributed by atoms with van der Waals surface area (Å²) in [6.07, 6.45) is -3.91. The average molecular weight is 1330 g/mol. The number of carbonyl (C=O) groups is 3. The quantitative estimate of drug-likeness (QED) is 0.0616. The molecule has 37 heteroatoms. The number of nitrogens with one attached hydrogen (secondary N) is 3. The fraction of sp³-hybridized carbons (Fsp3) is 0.114. The first kappa shape index (κ1) is 66.6. The first-order chi connectivity index (χ1) is 37.3. The van der Waals surface area contributed by atoms with Gasteiger partial charge in [-0.3, -0.25) is 14.4 Å². The van der Waals surface area contributed by atoms with Crippen LogP contribution in [0.1, 0.15) is 36.6 Å². The number of hydrogen-bond donors (Lipinski definition) is 6. The molecule has 0 saturated carbocycles. The van der Waals surface area contributed by atoms with Gasteiger partial charge in [0.2, 0.25) is 30.1 Å². The van der Waals surface area contributed by atoms with Crippen molar-refractivity contribution >= 4 is 93.8 Å². The van der Waals surface area contributed by atoms with Crippen LogP contribution in [0.4, 0.5) is 30.7 Å². The van der Waals surface area contributed by atoms with Crippen molar-refractivity contribution in [3.63, 3.8) is 0 Å². The van der Waals surface area contributed by atoms with Crippen molar-refractivity contribution in [2.24, 2.45) is 15.4 Å². The number of ether oxygens (including phenoxy) is 2. The average Bonchev–Trinajstić information content (AvgIpc) is 3.36. The van der Waals surface area contributed by atoms with Crippen LogP contribution in [0.3, 0.4) is 0 Å². The molecule has 0 spiro atoms. The second-order valence-corrected chi connectivity index (χ2v) is 26.0. The van der Waals surface area contributed by atoms with Gasteiger partial charge in [0, 0.05) is 16.7 Å². The van der Waals surface area contributed by atoms with E-state index in [1.807, 2.05) is 0 Å². The molecule has 0 saturated heterocycles. The number of rotatable bonds is 19. The molecule has 0 bridgehead atoms. The minimum Gasteiger partial charge on any atom is -0.435 e. The van der Waals surface area contributed by atoms with E-state index in [1.54, 1.807) is 14.2 Å². The van der Waals surface area contributed by atoms with Crippen LogP contribution >= 0.6 is 15.9 Å². The molecule has 0 aliphatic carbocycles. The molecule has 0 atom stereocenters. The zero-order valence-corrected chi connectivity index (χ0v) is 46.5. The van der Waals surface area contributed by atoms with Gasteiger partial charge in [0.25, 0.3) is 47.8 Å².